The highest BCUT2D eigenvalue weighted by Gasteiger charge is 2.25. The minimum Gasteiger partial charge on any atom is -0.481 e. The van der Waals surface area contributed by atoms with Gasteiger partial charge in [0, 0.05) is 12.2 Å². The number of carbonyl (C=O) groups is 4. The predicted molar refractivity (Wildman–Crippen MR) is 118 cm³/mol. The normalized spacial score (nSPS) is 17.6. The standard InChI is InChI=1S/C16H24O4.C8H14O4/c17-15(19-13-7-3-1-4-8-13)11-12-16(18)20-14-9-5-2-6-10-14;1-5(2)3-4-6(7(9)10)8(11)12/h11-14H,1-10H2;5-6H,3-4H2,1-2H3,(H,9,10)(H,11,12)/b12-11-;. The van der Waals surface area contributed by atoms with Crippen molar-refractivity contribution in [1.82, 2.24) is 0 Å². The van der Waals surface area contributed by atoms with E-state index in [1.54, 1.807) is 0 Å². The predicted octanol–water partition coefficient (Wildman–Crippen LogP) is 4.50. The van der Waals surface area contributed by atoms with E-state index in [2.05, 4.69) is 0 Å². The fraction of sp³-hybridized carbons (Fsp3) is 0.750. The molecule has 0 heterocycles. The van der Waals surface area contributed by atoms with Gasteiger partial charge >= 0.3 is 23.9 Å². The van der Waals surface area contributed by atoms with Gasteiger partial charge in [-0.05, 0) is 70.1 Å². The molecular formula is C24H38O8. The highest BCUT2D eigenvalue weighted by molar-refractivity contribution is 5.93. The van der Waals surface area contributed by atoms with Gasteiger partial charge in [-0.15, -0.1) is 0 Å². The second-order valence-corrected chi connectivity index (χ2v) is 8.93. The third kappa shape index (κ3) is 12.5. The molecule has 0 saturated heterocycles. The van der Waals surface area contributed by atoms with E-state index < -0.39 is 29.8 Å². The first-order chi connectivity index (χ1) is 15.2. The molecule has 0 atom stereocenters. The lowest BCUT2D eigenvalue weighted by molar-refractivity contribution is -0.155. The Kier molecular flexibility index (Phi) is 13.3. The minimum atomic E-state index is -1.25. The van der Waals surface area contributed by atoms with Gasteiger partial charge in [-0.1, -0.05) is 26.7 Å². The summed E-state index contributed by atoms with van der Waals surface area (Å²) in [6.07, 6.45) is 13.9. The lowest BCUT2D eigenvalue weighted by atomic mass is 9.98. The van der Waals surface area contributed by atoms with Crippen molar-refractivity contribution in [1.29, 1.82) is 0 Å². The van der Waals surface area contributed by atoms with Crippen LogP contribution in [-0.4, -0.2) is 46.3 Å². The fourth-order valence-electron chi connectivity index (χ4n) is 3.76. The Labute approximate surface area is 190 Å². The van der Waals surface area contributed by atoms with Crippen molar-refractivity contribution in [2.45, 2.75) is 103 Å². The molecule has 2 saturated carbocycles. The van der Waals surface area contributed by atoms with Crippen LogP contribution in [0.15, 0.2) is 12.2 Å². The van der Waals surface area contributed by atoms with E-state index >= 15 is 0 Å². The molecule has 0 spiro atoms. The SMILES string of the molecule is CC(C)CCC(C(=O)O)C(=O)O.O=C(/C=C\C(=O)OC1CCCCC1)OC1CCCCC1. The summed E-state index contributed by atoms with van der Waals surface area (Å²) in [6.45, 7) is 3.86. The summed E-state index contributed by atoms with van der Waals surface area (Å²) in [5.41, 5.74) is 0. The summed E-state index contributed by atoms with van der Waals surface area (Å²) in [5, 5.41) is 17.0. The van der Waals surface area contributed by atoms with Crippen LogP contribution in [0.2, 0.25) is 0 Å². The summed E-state index contributed by atoms with van der Waals surface area (Å²) in [5.74, 6) is -4.26. The zero-order chi connectivity index (χ0) is 23.9. The molecule has 2 N–H and O–H groups in total. The number of esters is 2. The molecule has 32 heavy (non-hydrogen) atoms. The second-order valence-electron chi connectivity index (χ2n) is 8.93. The number of hydrogen-bond acceptors (Lipinski definition) is 6. The molecule has 0 aliphatic heterocycles. The number of carboxylic acid groups (broad SMARTS) is 2. The number of carbonyl (C=O) groups excluding carboxylic acids is 2. The Morgan fingerprint density at radius 1 is 0.719 bits per heavy atom. The van der Waals surface area contributed by atoms with Crippen LogP contribution in [0.25, 0.3) is 0 Å². The molecule has 2 fully saturated rings. The number of aliphatic carboxylic acids is 2. The Bertz CT molecular complexity index is 580. The van der Waals surface area contributed by atoms with Crippen molar-refractivity contribution >= 4 is 23.9 Å². The molecule has 0 aromatic carbocycles. The average molecular weight is 455 g/mol. The quantitative estimate of drug-likeness (QED) is 0.296. The molecule has 182 valence electrons. The molecular weight excluding hydrogens is 416 g/mol. The Morgan fingerprint density at radius 2 is 1.09 bits per heavy atom. The molecule has 0 aromatic heterocycles. The van der Waals surface area contributed by atoms with Crippen molar-refractivity contribution in [3.8, 4) is 0 Å². The highest BCUT2D eigenvalue weighted by Crippen LogP contribution is 2.21. The van der Waals surface area contributed by atoms with E-state index in [9.17, 15) is 19.2 Å². The first-order valence-electron chi connectivity index (χ1n) is 11.7. The van der Waals surface area contributed by atoms with E-state index in [1.807, 2.05) is 13.8 Å². The molecule has 8 nitrogen and oxygen atoms in total. The van der Waals surface area contributed by atoms with Crippen LogP contribution in [0.1, 0.15) is 90.9 Å². The van der Waals surface area contributed by atoms with Crippen LogP contribution < -0.4 is 0 Å². The fourth-order valence-corrected chi connectivity index (χ4v) is 3.76. The first kappa shape index (κ1) is 27.7. The lowest BCUT2D eigenvalue weighted by Crippen LogP contribution is -2.23. The second kappa shape index (κ2) is 15.4. The van der Waals surface area contributed by atoms with Gasteiger partial charge in [0.25, 0.3) is 0 Å². The van der Waals surface area contributed by atoms with Crippen molar-refractivity contribution in [2.24, 2.45) is 11.8 Å². The van der Waals surface area contributed by atoms with Gasteiger partial charge in [-0.2, -0.15) is 0 Å². The zero-order valence-electron chi connectivity index (χ0n) is 19.3. The van der Waals surface area contributed by atoms with Gasteiger partial charge in [-0.25, -0.2) is 9.59 Å². The third-order valence-electron chi connectivity index (χ3n) is 5.65. The number of ether oxygens (including phenoxy) is 2. The molecule has 8 heteroatoms. The van der Waals surface area contributed by atoms with Crippen LogP contribution in [0.4, 0.5) is 0 Å². The van der Waals surface area contributed by atoms with E-state index in [0.29, 0.717) is 12.3 Å². The van der Waals surface area contributed by atoms with E-state index in [4.69, 9.17) is 19.7 Å². The van der Waals surface area contributed by atoms with Crippen molar-refractivity contribution in [2.75, 3.05) is 0 Å². The molecule has 0 unspecified atom stereocenters. The number of carboxylic acids is 2. The molecule has 0 bridgehead atoms. The first-order valence-corrected chi connectivity index (χ1v) is 11.7. The molecule has 0 aromatic rings. The third-order valence-corrected chi connectivity index (χ3v) is 5.65. The Balaban J connectivity index is 0.000000368. The maximum Gasteiger partial charge on any atom is 0.331 e. The van der Waals surface area contributed by atoms with Crippen LogP contribution in [0.3, 0.4) is 0 Å². The smallest absolute Gasteiger partial charge is 0.331 e. The van der Waals surface area contributed by atoms with Gasteiger partial charge in [0.1, 0.15) is 12.2 Å². The molecule has 2 aliphatic carbocycles. The largest absolute Gasteiger partial charge is 0.481 e. The summed E-state index contributed by atoms with van der Waals surface area (Å²) >= 11 is 0. The number of hydrogen-bond donors (Lipinski definition) is 2. The molecule has 2 rings (SSSR count). The Morgan fingerprint density at radius 3 is 1.41 bits per heavy atom. The lowest BCUT2D eigenvalue weighted by Gasteiger charge is -2.21. The van der Waals surface area contributed by atoms with Gasteiger partial charge in [-0.3, -0.25) is 9.59 Å². The monoisotopic (exact) mass is 454 g/mol. The maximum atomic E-state index is 11.6. The average Bonchev–Trinajstić information content (AvgIpc) is 2.73. The summed E-state index contributed by atoms with van der Waals surface area (Å²) in [6, 6.07) is 0. The summed E-state index contributed by atoms with van der Waals surface area (Å²) < 4.78 is 10.6. The molecule has 2 aliphatic rings. The van der Waals surface area contributed by atoms with E-state index in [1.165, 1.54) is 25.0 Å². The van der Waals surface area contributed by atoms with E-state index in [-0.39, 0.29) is 18.6 Å². The van der Waals surface area contributed by atoms with Gasteiger partial charge in [0.05, 0.1) is 0 Å². The summed E-state index contributed by atoms with van der Waals surface area (Å²) in [4.78, 5) is 43.9. The number of rotatable bonds is 9. The van der Waals surface area contributed by atoms with Gasteiger partial charge < -0.3 is 19.7 Å². The van der Waals surface area contributed by atoms with Crippen LogP contribution in [0.5, 0.6) is 0 Å². The Hall–Kier alpha value is -2.38. The zero-order valence-corrected chi connectivity index (χ0v) is 19.3. The van der Waals surface area contributed by atoms with Crippen molar-refractivity contribution in [3.05, 3.63) is 12.2 Å². The van der Waals surface area contributed by atoms with E-state index in [0.717, 1.165) is 51.4 Å². The molecule has 0 radical (unpaired) electrons. The molecule has 0 amide bonds. The van der Waals surface area contributed by atoms with Gasteiger partial charge in [0.15, 0.2) is 5.92 Å². The topological polar surface area (TPSA) is 127 Å². The van der Waals surface area contributed by atoms with Gasteiger partial charge in [0.2, 0.25) is 0 Å². The highest BCUT2D eigenvalue weighted by atomic mass is 16.5. The summed E-state index contributed by atoms with van der Waals surface area (Å²) in [7, 11) is 0. The van der Waals surface area contributed by atoms with Crippen LogP contribution in [0, 0.1) is 11.8 Å². The van der Waals surface area contributed by atoms with Crippen LogP contribution >= 0.6 is 0 Å². The van der Waals surface area contributed by atoms with Crippen molar-refractivity contribution < 1.29 is 38.9 Å². The minimum absolute atomic E-state index is 0.0234. The van der Waals surface area contributed by atoms with Crippen molar-refractivity contribution in [3.63, 3.8) is 0 Å². The maximum absolute atomic E-state index is 11.6. The van der Waals surface area contributed by atoms with Crippen LogP contribution in [-0.2, 0) is 28.7 Å².